The third-order valence-corrected chi connectivity index (χ3v) is 1.99. The van der Waals surface area contributed by atoms with E-state index in [2.05, 4.69) is 0 Å². The molecule has 76 valence electrons. The predicted octanol–water partition coefficient (Wildman–Crippen LogP) is 0.508. The van der Waals surface area contributed by atoms with Crippen LogP contribution in [0, 0.1) is 6.92 Å². The highest BCUT2D eigenvalue weighted by molar-refractivity contribution is 5.71. The zero-order valence-electron chi connectivity index (χ0n) is 7.89. The van der Waals surface area contributed by atoms with Gasteiger partial charge in [-0.1, -0.05) is 0 Å². The van der Waals surface area contributed by atoms with Crippen LogP contribution >= 0.6 is 0 Å². The molecular weight excluding hydrogens is 186 g/mol. The van der Waals surface area contributed by atoms with E-state index in [4.69, 9.17) is 10.2 Å². The minimum Gasteiger partial charge on any atom is -0.508 e. The first-order valence-corrected chi connectivity index (χ1v) is 4.08. The first-order valence-electron chi connectivity index (χ1n) is 4.08. The van der Waals surface area contributed by atoms with Crippen molar-refractivity contribution in [2.45, 2.75) is 19.9 Å². The maximum atomic E-state index is 11.3. The van der Waals surface area contributed by atoms with Crippen molar-refractivity contribution < 1.29 is 15.0 Å². The summed E-state index contributed by atoms with van der Waals surface area (Å²) >= 11 is 0. The number of pyridine rings is 1. The largest absolute Gasteiger partial charge is 0.508 e. The van der Waals surface area contributed by atoms with E-state index in [0.29, 0.717) is 5.69 Å². The smallest absolute Gasteiger partial charge is 0.326 e. The van der Waals surface area contributed by atoms with Gasteiger partial charge < -0.3 is 10.2 Å². The molecule has 14 heavy (non-hydrogen) atoms. The van der Waals surface area contributed by atoms with E-state index < -0.39 is 17.6 Å². The number of aliphatic carboxylic acids is 1. The summed E-state index contributed by atoms with van der Waals surface area (Å²) in [5.41, 5.74) is -0.0951. The number of aromatic nitrogens is 1. The average Bonchev–Trinajstić information content (AvgIpc) is 2.01. The third-order valence-electron chi connectivity index (χ3n) is 1.99. The molecule has 0 radical (unpaired) electrons. The zero-order chi connectivity index (χ0) is 10.9. The van der Waals surface area contributed by atoms with Crippen molar-refractivity contribution in [2.24, 2.45) is 0 Å². The van der Waals surface area contributed by atoms with Crippen LogP contribution in [0.4, 0.5) is 0 Å². The Morgan fingerprint density at radius 3 is 2.50 bits per heavy atom. The Labute approximate surface area is 80.2 Å². The topological polar surface area (TPSA) is 79.5 Å². The van der Waals surface area contributed by atoms with Crippen LogP contribution in [-0.2, 0) is 4.79 Å². The third kappa shape index (κ3) is 1.76. The molecule has 0 unspecified atom stereocenters. The number of hydrogen-bond acceptors (Lipinski definition) is 3. The molecule has 0 bridgehead atoms. The number of rotatable bonds is 2. The van der Waals surface area contributed by atoms with Crippen molar-refractivity contribution in [2.75, 3.05) is 0 Å². The maximum absolute atomic E-state index is 11.3. The van der Waals surface area contributed by atoms with E-state index in [-0.39, 0.29) is 5.75 Å². The highest BCUT2D eigenvalue weighted by Gasteiger charge is 2.16. The van der Waals surface area contributed by atoms with Gasteiger partial charge in [-0.25, -0.2) is 4.79 Å². The number of aromatic hydroxyl groups is 1. The summed E-state index contributed by atoms with van der Waals surface area (Å²) in [7, 11) is 0. The molecule has 0 spiro atoms. The Balaban J connectivity index is 3.35. The van der Waals surface area contributed by atoms with E-state index >= 15 is 0 Å². The highest BCUT2D eigenvalue weighted by Crippen LogP contribution is 2.11. The van der Waals surface area contributed by atoms with Gasteiger partial charge in [-0.15, -0.1) is 0 Å². The van der Waals surface area contributed by atoms with Gasteiger partial charge in [0, 0.05) is 11.8 Å². The molecule has 2 N–H and O–H groups in total. The second-order valence-corrected chi connectivity index (χ2v) is 3.08. The van der Waals surface area contributed by atoms with Crippen LogP contribution < -0.4 is 5.56 Å². The summed E-state index contributed by atoms with van der Waals surface area (Å²) in [6.45, 7) is 2.98. The fraction of sp³-hybridized carbons (Fsp3) is 0.333. The molecule has 5 heteroatoms. The lowest BCUT2D eigenvalue weighted by Crippen LogP contribution is -2.28. The van der Waals surface area contributed by atoms with Crippen LogP contribution in [0.1, 0.15) is 18.7 Å². The van der Waals surface area contributed by atoms with Crippen molar-refractivity contribution >= 4 is 5.97 Å². The van der Waals surface area contributed by atoms with Crippen LogP contribution in [0.15, 0.2) is 16.9 Å². The molecule has 0 aliphatic heterocycles. The minimum absolute atomic E-state index is 0.152. The van der Waals surface area contributed by atoms with Gasteiger partial charge >= 0.3 is 5.97 Å². The molecule has 0 saturated heterocycles. The van der Waals surface area contributed by atoms with E-state index in [0.717, 1.165) is 10.6 Å². The minimum atomic E-state index is -1.08. The lowest BCUT2D eigenvalue weighted by atomic mass is 10.2. The summed E-state index contributed by atoms with van der Waals surface area (Å²) in [4.78, 5) is 22.0. The maximum Gasteiger partial charge on any atom is 0.326 e. The Morgan fingerprint density at radius 2 is 2.07 bits per heavy atom. The second-order valence-electron chi connectivity index (χ2n) is 3.08. The zero-order valence-corrected chi connectivity index (χ0v) is 7.89. The van der Waals surface area contributed by atoms with E-state index in [1.165, 1.54) is 13.0 Å². The molecule has 0 aromatic carbocycles. The molecule has 0 aliphatic carbocycles. The summed E-state index contributed by atoms with van der Waals surface area (Å²) < 4.78 is 1.11. The Hall–Kier alpha value is -1.78. The molecule has 1 heterocycles. The number of nitrogens with zero attached hydrogens (tertiary/aromatic N) is 1. The van der Waals surface area contributed by atoms with E-state index in [9.17, 15) is 9.59 Å². The van der Waals surface area contributed by atoms with Gasteiger partial charge in [0.1, 0.15) is 11.8 Å². The monoisotopic (exact) mass is 197 g/mol. The molecule has 0 fully saturated rings. The summed E-state index contributed by atoms with van der Waals surface area (Å²) in [6.07, 6.45) is 0. The molecular formula is C9H11NO4. The SMILES string of the molecule is Cc1cc(O)cc(=O)n1[C@@H](C)C(=O)O. The van der Waals surface area contributed by atoms with Crippen LogP contribution in [0.25, 0.3) is 0 Å². The average molecular weight is 197 g/mol. The Kier molecular flexibility index (Phi) is 2.60. The number of carboxylic acid groups (broad SMARTS) is 1. The normalized spacial score (nSPS) is 12.4. The number of carbonyl (C=O) groups is 1. The molecule has 0 aliphatic rings. The Morgan fingerprint density at radius 1 is 1.50 bits per heavy atom. The fourth-order valence-corrected chi connectivity index (χ4v) is 1.30. The lowest BCUT2D eigenvalue weighted by molar-refractivity contribution is -0.140. The van der Waals surface area contributed by atoms with E-state index in [1.807, 2.05) is 0 Å². The standard InChI is InChI=1S/C9H11NO4/c1-5-3-7(11)4-8(12)10(5)6(2)9(13)14/h3-4,6,11H,1-2H3,(H,13,14)/t6-/m0/s1. The van der Waals surface area contributed by atoms with Crippen LogP contribution in [-0.4, -0.2) is 20.7 Å². The number of aryl methyl sites for hydroxylation is 1. The molecule has 1 aromatic rings. The van der Waals surface area contributed by atoms with Crippen molar-refractivity contribution in [1.29, 1.82) is 0 Å². The van der Waals surface area contributed by atoms with Gasteiger partial charge in [-0.2, -0.15) is 0 Å². The summed E-state index contributed by atoms with van der Waals surface area (Å²) in [5.74, 6) is -1.23. The molecule has 0 saturated carbocycles. The molecule has 5 nitrogen and oxygen atoms in total. The summed E-state index contributed by atoms with van der Waals surface area (Å²) in [6, 6.07) is 1.41. The molecule has 1 atom stereocenters. The van der Waals surface area contributed by atoms with Gasteiger partial charge in [0.05, 0.1) is 0 Å². The Bertz CT molecular complexity index is 421. The number of hydrogen-bond donors (Lipinski definition) is 2. The molecule has 1 rings (SSSR count). The first-order chi connectivity index (χ1) is 6.43. The highest BCUT2D eigenvalue weighted by atomic mass is 16.4. The van der Waals surface area contributed by atoms with E-state index in [1.54, 1.807) is 6.92 Å². The lowest BCUT2D eigenvalue weighted by Gasteiger charge is -2.13. The van der Waals surface area contributed by atoms with Crippen molar-refractivity contribution in [3.05, 3.63) is 28.2 Å². The van der Waals surface area contributed by atoms with Gasteiger partial charge in [-0.3, -0.25) is 9.36 Å². The quantitative estimate of drug-likeness (QED) is 0.723. The second kappa shape index (κ2) is 3.53. The van der Waals surface area contributed by atoms with Crippen molar-refractivity contribution in [3.63, 3.8) is 0 Å². The fourth-order valence-electron chi connectivity index (χ4n) is 1.30. The number of carboxylic acids is 1. The van der Waals surface area contributed by atoms with Crippen LogP contribution in [0.2, 0.25) is 0 Å². The van der Waals surface area contributed by atoms with Crippen LogP contribution in [0.5, 0.6) is 5.75 Å². The predicted molar refractivity (Wildman–Crippen MR) is 49.5 cm³/mol. The van der Waals surface area contributed by atoms with Gasteiger partial charge in [-0.05, 0) is 19.9 Å². The van der Waals surface area contributed by atoms with Gasteiger partial charge in [0.25, 0.3) is 5.56 Å². The molecule has 1 aromatic heterocycles. The van der Waals surface area contributed by atoms with Gasteiger partial charge in [0.15, 0.2) is 0 Å². The molecule has 0 amide bonds. The van der Waals surface area contributed by atoms with Crippen LogP contribution in [0.3, 0.4) is 0 Å². The summed E-state index contributed by atoms with van der Waals surface area (Å²) in [5, 5.41) is 17.8. The van der Waals surface area contributed by atoms with Crippen molar-refractivity contribution in [3.8, 4) is 5.75 Å². The van der Waals surface area contributed by atoms with Gasteiger partial charge in [0.2, 0.25) is 0 Å². The first kappa shape index (κ1) is 10.3. The van der Waals surface area contributed by atoms with Crippen molar-refractivity contribution in [1.82, 2.24) is 4.57 Å².